The smallest absolute Gasteiger partial charge is 0.253 e. The van der Waals surface area contributed by atoms with Gasteiger partial charge in [-0.2, -0.15) is 0 Å². The van der Waals surface area contributed by atoms with Gasteiger partial charge in [-0.05, 0) is 61.2 Å². The van der Waals surface area contributed by atoms with E-state index in [1.807, 2.05) is 6.92 Å². The second kappa shape index (κ2) is 4.54. The molecule has 0 saturated heterocycles. The first kappa shape index (κ1) is 15.1. The molecule has 0 radical (unpaired) electrons. The summed E-state index contributed by atoms with van der Waals surface area (Å²) < 4.78 is 30.1. The number of ketones is 1. The molecule has 0 unspecified atom stereocenters. The molecule has 4 rings (SSSR count). The fourth-order valence-electron chi connectivity index (χ4n) is 6.94. The van der Waals surface area contributed by atoms with Crippen LogP contribution in [0.25, 0.3) is 0 Å². The summed E-state index contributed by atoms with van der Waals surface area (Å²) in [6.45, 7) is 4.09. The maximum Gasteiger partial charge on any atom is 0.253 e. The molecule has 4 fully saturated rings. The van der Waals surface area contributed by atoms with Gasteiger partial charge in [-0.3, -0.25) is 4.79 Å². The van der Waals surface area contributed by atoms with E-state index in [1.54, 1.807) is 0 Å². The van der Waals surface area contributed by atoms with Gasteiger partial charge in [0, 0.05) is 24.7 Å². The predicted octanol–water partition coefficient (Wildman–Crippen LogP) is 5.23. The summed E-state index contributed by atoms with van der Waals surface area (Å²) in [5.74, 6) is -1.00. The first-order valence-electron chi connectivity index (χ1n) is 9.17. The Kier molecular flexibility index (Phi) is 3.11. The highest BCUT2D eigenvalue weighted by Crippen LogP contribution is 2.69. The lowest BCUT2D eigenvalue weighted by molar-refractivity contribution is -0.227. The van der Waals surface area contributed by atoms with E-state index in [0.717, 1.165) is 32.1 Å². The molecule has 4 saturated carbocycles. The predicted molar refractivity (Wildman–Crippen MR) is 81.7 cm³/mol. The van der Waals surface area contributed by atoms with Crippen molar-refractivity contribution in [3.63, 3.8) is 0 Å². The average Bonchev–Trinajstić information content (AvgIpc) is 2.85. The van der Waals surface area contributed by atoms with E-state index in [1.165, 1.54) is 0 Å². The van der Waals surface area contributed by atoms with Gasteiger partial charge in [-0.15, -0.1) is 0 Å². The van der Waals surface area contributed by atoms with Crippen LogP contribution in [0.15, 0.2) is 0 Å². The second-order valence-corrected chi connectivity index (χ2v) is 9.12. The van der Waals surface area contributed by atoms with Crippen LogP contribution in [-0.4, -0.2) is 11.7 Å². The SMILES string of the molecule is C[C@]12CCC(=O)C[C@@H]1CC[C@@H]1[C@@H]2CC(F)(F)[C@]2(C)CCC[C@@H]12. The Morgan fingerprint density at radius 2 is 1.82 bits per heavy atom. The zero-order chi connectivity index (χ0) is 15.8. The quantitative estimate of drug-likeness (QED) is 0.598. The van der Waals surface area contributed by atoms with Crippen LogP contribution in [-0.2, 0) is 4.79 Å². The first-order chi connectivity index (χ1) is 10.3. The van der Waals surface area contributed by atoms with Gasteiger partial charge >= 0.3 is 0 Å². The third-order valence-electron chi connectivity index (χ3n) is 8.42. The third-order valence-corrected chi connectivity index (χ3v) is 8.42. The summed E-state index contributed by atoms with van der Waals surface area (Å²) in [4.78, 5) is 11.8. The molecule has 0 amide bonds. The summed E-state index contributed by atoms with van der Waals surface area (Å²) in [5, 5.41) is 0. The lowest BCUT2D eigenvalue weighted by Gasteiger charge is -2.61. The van der Waals surface area contributed by atoms with E-state index in [0.29, 0.717) is 36.9 Å². The molecule has 0 aromatic heterocycles. The van der Waals surface area contributed by atoms with Crippen LogP contribution in [0.2, 0.25) is 0 Å². The highest BCUT2D eigenvalue weighted by molar-refractivity contribution is 5.79. The molecule has 0 aliphatic heterocycles. The number of Topliss-reactive ketones (excluding diaryl/α,β-unsaturated/α-hetero) is 1. The molecule has 22 heavy (non-hydrogen) atoms. The molecule has 0 N–H and O–H groups in total. The molecule has 6 atom stereocenters. The molecule has 0 aromatic rings. The molecule has 3 heteroatoms. The van der Waals surface area contributed by atoms with E-state index in [4.69, 9.17) is 0 Å². The van der Waals surface area contributed by atoms with E-state index >= 15 is 8.78 Å². The molecule has 0 heterocycles. The summed E-state index contributed by atoms with van der Waals surface area (Å²) in [6.07, 6.45) is 7.01. The van der Waals surface area contributed by atoms with Crippen molar-refractivity contribution in [3.05, 3.63) is 0 Å². The number of carbonyl (C=O) groups is 1. The van der Waals surface area contributed by atoms with E-state index in [9.17, 15) is 4.79 Å². The van der Waals surface area contributed by atoms with Crippen molar-refractivity contribution in [1.82, 2.24) is 0 Å². The van der Waals surface area contributed by atoms with Crippen molar-refractivity contribution in [3.8, 4) is 0 Å². The van der Waals surface area contributed by atoms with Crippen LogP contribution >= 0.6 is 0 Å². The zero-order valence-electron chi connectivity index (χ0n) is 13.8. The Bertz CT molecular complexity index is 502. The molecular weight excluding hydrogens is 282 g/mol. The highest BCUT2D eigenvalue weighted by Gasteiger charge is 2.67. The Morgan fingerprint density at radius 3 is 2.59 bits per heavy atom. The van der Waals surface area contributed by atoms with Crippen LogP contribution in [0.4, 0.5) is 8.78 Å². The number of carbonyl (C=O) groups excluding carboxylic acids is 1. The van der Waals surface area contributed by atoms with E-state index in [2.05, 4.69) is 6.92 Å². The van der Waals surface area contributed by atoms with Gasteiger partial charge < -0.3 is 0 Å². The van der Waals surface area contributed by atoms with Crippen molar-refractivity contribution in [1.29, 1.82) is 0 Å². The molecule has 1 nitrogen and oxygen atoms in total. The van der Waals surface area contributed by atoms with Gasteiger partial charge in [0.1, 0.15) is 5.78 Å². The first-order valence-corrected chi connectivity index (χ1v) is 9.17. The van der Waals surface area contributed by atoms with Crippen molar-refractivity contribution in [2.75, 3.05) is 0 Å². The minimum atomic E-state index is -2.53. The molecule has 0 bridgehead atoms. The number of rotatable bonds is 0. The van der Waals surface area contributed by atoms with Crippen molar-refractivity contribution >= 4 is 5.78 Å². The maximum absolute atomic E-state index is 15.1. The van der Waals surface area contributed by atoms with Crippen molar-refractivity contribution in [2.24, 2.45) is 34.5 Å². The molecule has 124 valence electrons. The number of alkyl halides is 2. The Balaban J connectivity index is 1.71. The van der Waals surface area contributed by atoms with Crippen LogP contribution in [0.3, 0.4) is 0 Å². The van der Waals surface area contributed by atoms with Crippen LogP contribution < -0.4 is 0 Å². The number of hydrogen-bond acceptors (Lipinski definition) is 1. The van der Waals surface area contributed by atoms with Gasteiger partial charge in [-0.25, -0.2) is 8.78 Å². The Morgan fingerprint density at radius 1 is 1.05 bits per heavy atom. The Labute approximate surface area is 132 Å². The van der Waals surface area contributed by atoms with Crippen molar-refractivity contribution < 1.29 is 13.6 Å². The minimum Gasteiger partial charge on any atom is -0.300 e. The van der Waals surface area contributed by atoms with Gasteiger partial charge in [0.15, 0.2) is 0 Å². The normalized spacial score (nSPS) is 53.5. The summed E-state index contributed by atoms with van der Waals surface area (Å²) in [5.41, 5.74) is -0.786. The Hall–Kier alpha value is -0.470. The van der Waals surface area contributed by atoms with Gasteiger partial charge in [0.25, 0.3) is 5.92 Å². The van der Waals surface area contributed by atoms with Gasteiger partial charge in [-0.1, -0.05) is 20.3 Å². The van der Waals surface area contributed by atoms with Crippen LogP contribution in [0, 0.1) is 34.5 Å². The second-order valence-electron chi connectivity index (χ2n) is 9.12. The standard InChI is InChI=1S/C19H28F2O/c1-17-9-7-13(22)10-12(17)5-6-14-15-4-3-8-18(15,2)19(20,21)11-16(14)17/h12,14-16H,3-11H2,1-2H3/t12-,14-,15-,16-,17-,18+/m0/s1. The van der Waals surface area contributed by atoms with Crippen molar-refractivity contribution in [2.45, 2.75) is 77.6 Å². The summed E-state index contributed by atoms with van der Waals surface area (Å²) >= 11 is 0. The lowest BCUT2D eigenvalue weighted by atomic mass is 9.44. The molecule has 4 aliphatic carbocycles. The number of fused-ring (bicyclic) bond motifs is 5. The van der Waals surface area contributed by atoms with Gasteiger partial charge in [0.05, 0.1) is 0 Å². The average molecular weight is 310 g/mol. The fraction of sp³-hybridized carbons (Fsp3) is 0.947. The topological polar surface area (TPSA) is 17.1 Å². The maximum atomic E-state index is 15.1. The monoisotopic (exact) mass is 310 g/mol. The van der Waals surface area contributed by atoms with E-state index < -0.39 is 11.3 Å². The summed E-state index contributed by atoms with van der Waals surface area (Å²) in [6, 6.07) is 0. The summed E-state index contributed by atoms with van der Waals surface area (Å²) in [7, 11) is 0. The molecule has 0 aromatic carbocycles. The fourth-order valence-corrected chi connectivity index (χ4v) is 6.94. The largest absolute Gasteiger partial charge is 0.300 e. The van der Waals surface area contributed by atoms with Gasteiger partial charge in [0.2, 0.25) is 0 Å². The number of halogens is 2. The third kappa shape index (κ3) is 1.77. The lowest BCUT2D eigenvalue weighted by Crippen LogP contribution is -2.59. The van der Waals surface area contributed by atoms with Crippen LogP contribution in [0.1, 0.15) is 71.6 Å². The molecular formula is C19H28F2O. The van der Waals surface area contributed by atoms with E-state index in [-0.39, 0.29) is 23.7 Å². The minimum absolute atomic E-state index is 0.0236. The van der Waals surface area contributed by atoms with Crippen LogP contribution in [0.5, 0.6) is 0 Å². The number of hydrogen-bond donors (Lipinski definition) is 0. The molecule has 4 aliphatic rings. The zero-order valence-corrected chi connectivity index (χ0v) is 13.8. The highest BCUT2D eigenvalue weighted by atomic mass is 19.3. The molecule has 0 spiro atoms.